The minimum atomic E-state index is -0.325. The van der Waals surface area contributed by atoms with E-state index in [-0.39, 0.29) is 12.1 Å². The van der Waals surface area contributed by atoms with E-state index < -0.39 is 0 Å². The third-order valence-electron chi connectivity index (χ3n) is 1.87. The van der Waals surface area contributed by atoms with Crippen LogP contribution in [0.2, 0.25) is 0 Å². The van der Waals surface area contributed by atoms with Gasteiger partial charge >= 0.3 is 0 Å². The monoisotopic (exact) mass is 171 g/mol. The van der Waals surface area contributed by atoms with Crippen molar-refractivity contribution in [3.8, 4) is 0 Å². The summed E-state index contributed by atoms with van der Waals surface area (Å²) in [4.78, 5) is 0. The predicted octanol–water partition coefficient (Wildman–Crippen LogP) is 1.57. The Kier molecular flexibility index (Phi) is 2.50. The maximum atomic E-state index is 11.9. The molecule has 0 atom stereocenters. The molecular formula is C9H16FN2+. The summed E-state index contributed by atoms with van der Waals surface area (Å²) >= 11 is 0. The number of hydrogen-bond donors (Lipinski definition) is 1. The van der Waals surface area contributed by atoms with Crippen molar-refractivity contribution in [2.24, 2.45) is 0 Å². The molecule has 0 saturated carbocycles. The van der Waals surface area contributed by atoms with Gasteiger partial charge in [0.15, 0.2) is 19.4 Å². The molecule has 0 aliphatic carbocycles. The first kappa shape index (κ1) is 9.23. The highest BCUT2D eigenvalue weighted by Crippen LogP contribution is 2.19. The van der Waals surface area contributed by atoms with Crippen molar-refractivity contribution in [2.75, 3.05) is 6.67 Å². The van der Waals surface area contributed by atoms with Gasteiger partial charge in [0.05, 0.1) is 6.20 Å². The quantitative estimate of drug-likeness (QED) is 0.652. The molecule has 0 amide bonds. The van der Waals surface area contributed by atoms with Gasteiger partial charge < -0.3 is 0 Å². The van der Waals surface area contributed by atoms with Crippen LogP contribution in [0, 0.1) is 0 Å². The van der Waals surface area contributed by atoms with Gasteiger partial charge in [-0.25, -0.2) is 4.39 Å². The van der Waals surface area contributed by atoms with Gasteiger partial charge in [-0.15, -0.1) is 4.68 Å². The molecule has 0 aliphatic heterocycles. The van der Waals surface area contributed by atoms with E-state index in [1.807, 2.05) is 12.4 Å². The van der Waals surface area contributed by atoms with Crippen LogP contribution in [0.5, 0.6) is 0 Å². The first-order chi connectivity index (χ1) is 5.54. The summed E-state index contributed by atoms with van der Waals surface area (Å²) in [6.07, 6.45) is 3.88. The molecule has 1 aromatic heterocycles. The summed E-state index contributed by atoms with van der Waals surface area (Å²) in [6, 6.07) is 0. The molecule has 0 unspecified atom stereocenters. The molecule has 1 heterocycles. The topological polar surface area (TPSA) is 19.7 Å². The van der Waals surface area contributed by atoms with E-state index in [9.17, 15) is 4.39 Å². The number of alkyl halides is 1. The molecule has 1 N–H and O–H groups in total. The first-order valence-corrected chi connectivity index (χ1v) is 4.18. The van der Waals surface area contributed by atoms with E-state index >= 15 is 0 Å². The smallest absolute Gasteiger partial charge is 0.199 e. The van der Waals surface area contributed by atoms with Crippen molar-refractivity contribution in [1.29, 1.82) is 0 Å². The van der Waals surface area contributed by atoms with Crippen LogP contribution in [0.15, 0.2) is 12.4 Å². The van der Waals surface area contributed by atoms with E-state index in [0.29, 0.717) is 6.54 Å². The lowest BCUT2D eigenvalue weighted by Crippen LogP contribution is -2.35. The second-order valence-electron chi connectivity index (χ2n) is 3.99. The molecule has 2 nitrogen and oxygen atoms in total. The number of aromatic amines is 1. The van der Waals surface area contributed by atoms with Gasteiger partial charge in [0.1, 0.15) is 0 Å². The predicted molar refractivity (Wildman–Crippen MR) is 45.7 cm³/mol. The molecule has 0 aliphatic rings. The fourth-order valence-corrected chi connectivity index (χ4v) is 1.03. The lowest BCUT2D eigenvalue weighted by molar-refractivity contribution is -0.750. The fraction of sp³-hybridized carbons (Fsp3) is 0.667. The summed E-state index contributed by atoms with van der Waals surface area (Å²) in [6.45, 7) is 6.49. The Morgan fingerprint density at radius 2 is 2.17 bits per heavy atom. The standard InChI is InChI=1S/C9H15FN2/c1-9(2,3)8-6-11-12(7-8)5-4-10/h6-7H,4-5H2,1-3H3/p+1. The SMILES string of the molecule is CC(C)(C)c1c[nH][n+](CCF)c1. The van der Waals surface area contributed by atoms with Crippen LogP contribution >= 0.6 is 0 Å². The number of aryl methyl sites for hydroxylation is 1. The van der Waals surface area contributed by atoms with Gasteiger partial charge in [-0.05, 0) is 5.41 Å². The summed E-state index contributed by atoms with van der Waals surface area (Å²) < 4.78 is 13.7. The zero-order valence-electron chi connectivity index (χ0n) is 7.89. The second-order valence-corrected chi connectivity index (χ2v) is 3.99. The van der Waals surface area contributed by atoms with Gasteiger partial charge in [0.25, 0.3) is 0 Å². The number of H-pyrrole nitrogens is 1. The molecule has 68 valence electrons. The van der Waals surface area contributed by atoms with Crippen LogP contribution in [0.4, 0.5) is 4.39 Å². The van der Waals surface area contributed by atoms with Crippen LogP contribution in [0.3, 0.4) is 0 Å². The Hall–Kier alpha value is -0.860. The van der Waals surface area contributed by atoms with Crippen molar-refractivity contribution in [3.63, 3.8) is 0 Å². The van der Waals surface area contributed by atoms with Gasteiger partial charge in [-0.1, -0.05) is 20.8 Å². The van der Waals surface area contributed by atoms with Crippen molar-refractivity contribution in [3.05, 3.63) is 18.0 Å². The van der Waals surface area contributed by atoms with Crippen molar-refractivity contribution in [1.82, 2.24) is 5.10 Å². The van der Waals surface area contributed by atoms with Crippen LogP contribution in [-0.2, 0) is 12.0 Å². The van der Waals surface area contributed by atoms with E-state index in [1.54, 1.807) is 4.68 Å². The summed E-state index contributed by atoms with van der Waals surface area (Å²) in [5.41, 5.74) is 1.34. The van der Waals surface area contributed by atoms with Crippen molar-refractivity contribution in [2.45, 2.75) is 32.7 Å². The summed E-state index contributed by atoms with van der Waals surface area (Å²) in [7, 11) is 0. The Labute approximate surface area is 72.4 Å². The number of rotatable bonds is 2. The zero-order valence-corrected chi connectivity index (χ0v) is 7.89. The van der Waals surface area contributed by atoms with E-state index in [2.05, 4.69) is 25.9 Å². The molecule has 0 bridgehead atoms. The van der Waals surface area contributed by atoms with Gasteiger partial charge in [-0.3, -0.25) is 0 Å². The number of hydrogen-bond acceptors (Lipinski definition) is 0. The number of nitrogens with one attached hydrogen (secondary N) is 1. The second kappa shape index (κ2) is 3.25. The van der Waals surface area contributed by atoms with Crippen molar-refractivity contribution < 1.29 is 9.07 Å². The van der Waals surface area contributed by atoms with Crippen molar-refractivity contribution >= 4 is 0 Å². The van der Waals surface area contributed by atoms with Gasteiger partial charge in [-0.2, -0.15) is 5.10 Å². The fourth-order valence-electron chi connectivity index (χ4n) is 1.03. The minimum Gasteiger partial charge on any atom is -0.244 e. The van der Waals surface area contributed by atoms with Gasteiger partial charge in [0, 0.05) is 5.56 Å². The third-order valence-corrected chi connectivity index (χ3v) is 1.87. The normalized spacial score (nSPS) is 12.0. The van der Waals surface area contributed by atoms with E-state index in [1.165, 1.54) is 5.56 Å². The maximum Gasteiger partial charge on any atom is 0.199 e. The highest BCUT2D eigenvalue weighted by Gasteiger charge is 2.18. The van der Waals surface area contributed by atoms with Crippen LogP contribution < -0.4 is 4.68 Å². The summed E-state index contributed by atoms with van der Waals surface area (Å²) in [5, 5.41) is 2.99. The van der Waals surface area contributed by atoms with Crippen LogP contribution in [0.25, 0.3) is 0 Å². The molecule has 12 heavy (non-hydrogen) atoms. The Morgan fingerprint density at radius 1 is 1.50 bits per heavy atom. The molecule has 0 aromatic carbocycles. The number of nitrogens with zero attached hydrogens (tertiary/aromatic N) is 1. The lowest BCUT2D eigenvalue weighted by Gasteiger charge is -2.12. The highest BCUT2D eigenvalue weighted by atomic mass is 19.1. The Morgan fingerprint density at radius 3 is 2.58 bits per heavy atom. The molecule has 1 rings (SSSR count). The molecule has 0 saturated heterocycles. The number of halogens is 1. The maximum absolute atomic E-state index is 11.9. The molecule has 0 fully saturated rings. The molecular weight excluding hydrogens is 155 g/mol. The highest BCUT2D eigenvalue weighted by molar-refractivity contribution is 5.11. The minimum absolute atomic E-state index is 0.137. The van der Waals surface area contributed by atoms with E-state index in [0.717, 1.165) is 0 Å². The van der Waals surface area contributed by atoms with Gasteiger partial charge in [0.2, 0.25) is 0 Å². The van der Waals surface area contributed by atoms with Crippen LogP contribution in [0.1, 0.15) is 26.3 Å². The number of aromatic nitrogens is 2. The average Bonchev–Trinajstić information content (AvgIpc) is 2.35. The van der Waals surface area contributed by atoms with Crippen LogP contribution in [-0.4, -0.2) is 11.8 Å². The average molecular weight is 171 g/mol. The largest absolute Gasteiger partial charge is 0.244 e. The molecule has 0 spiro atoms. The molecule has 0 radical (unpaired) electrons. The molecule has 3 heteroatoms. The third kappa shape index (κ3) is 2.06. The first-order valence-electron chi connectivity index (χ1n) is 4.18. The molecule has 1 aromatic rings. The Balaban J connectivity index is 2.77. The van der Waals surface area contributed by atoms with E-state index in [4.69, 9.17) is 0 Å². The Bertz CT molecular complexity index is 247. The zero-order chi connectivity index (χ0) is 9.19. The summed E-state index contributed by atoms with van der Waals surface area (Å²) in [5.74, 6) is 0. The lowest BCUT2D eigenvalue weighted by atomic mass is 9.90.